The molecule has 0 radical (unpaired) electrons. The van der Waals surface area contributed by atoms with Crippen LogP contribution in [-0.4, -0.2) is 81.3 Å². The fourth-order valence-electron chi connectivity index (χ4n) is 5.10. The smallest absolute Gasteiger partial charge is 0.383 e. The third-order valence-electron chi connectivity index (χ3n) is 7.04. The van der Waals surface area contributed by atoms with Crippen molar-refractivity contribution in [3.63, 3.8) is 0 Å². The summed E-state index contributed by atoms with van der Waals surface area (Å²) >= 11 is 0. The van der Waals surface area contributed by atoms with E-state index in [1.165, 1.54) is 24.1 Å². The highest BCUT2D eigenvalue weighted by Crippen LogP contribution is 2.46. The quantitative estimate of drug-likeness (QED) is 0.381. The molecule has 2 heterocycles. The number of benzene rings is 2. The molecule has 13 heteroatoms. The Bertz CT molecular complexity index is 1180. The topological polar surface area (TPSA) is 71.1 Å². The van der Waals surface area contributed by atoms with Gasteiger partial charge in [-0.25, -0.2) is 0 Å². The molecule has 2 atom stereocenters. The maximum absolute atomic E-state index is 13.8. The van der Waals surface area contributed by atoms with Gasteiger partial charge in [0.15, 0.2) is 0 Å². The van der Waals surface area contributed by atoms with Crippen LogP contribution in [0.3, 0.4) is 0 Å². The predicted octanol–water partition coefficient (Wildman–Crippen LogP) is 4.10. The van der Waals surface area contributed by atoms with Gasteiger partial charge in [-0.05, 0) is 35.4 Å². The van der Waals surface area contributed by atoms with Crippen LogP contribution in [0.5, 0.6) is 0 Å². The number of halogens is 6. The molecule has 2 aromatic rings. The van der Waals surface area contributed by atoms with Crippen LogP contribution in [0.4, 0.5) is 26.3 Å². The maximum Gasteiger partial charge on any atom is 0.416 e. The van der Waals surface area contributed by atoms with E-state index < -0.39 is 52.8 Å². The van der Waals surface area contributed by atoms with Crippen molar-refractivity contribution in [3.8, 4) is 0 Å². The monoisotopic (exact) mass is 573 g/mol. The van der Waals surface area contributed by atoms with Crippen LogP contribution in [0.25, 0.3) is 0 Å². The Kier molecular flexibility index (Phi) is 9.06. The second-order valence-electron chi connectivity index (χ2n) is 9.59. The summed E-state index contributed by atoms with van der Waals surface area (Å²) in [6.45, 7) is 2.44. The SMILES string of the molecule is COCCNC(=O)C1c2ccccc2C(=O)N(CCN2CCOCC2)C1c1cc(C(F)(F)F)cc(C(F)(F)F)c1. The second kappa shape index (κ2) is 12.1. The molecule has 1 fully saturated rings. The van der Waals surface area contributed by atoms with E-state index in [1.807, 2.05) is 4.90 Å². The van der Waals surface area contributed by atoms with Gasteiger partial charge in [0.05, 0.1) is 42.9 Å². The normalized spacial score (nSPS) is 20.4. The number of ether oxygens (including phenoxy) is 2. The fourth-order valence-corrected chi connectivity index (χ4v) is 5.10. The van der Waals surface area contributed by atoms with Crippen molar-refractivity contribution in [1.29, 1.82) is 0 Å². The summed E-state index contributed by atoms with van der Waals surface area (Å²) in [7, 11) is 1.41. The van der Waals surface area contributed by atoms with E-state index in [0.29, 0.717) is 38.4 Å². The summed E-state index contributed by atoms with van der Waals surface area (Å²) in [4.78, 5) is 30.5. The molecule has 0 bridgehead atoms. The number of carbonyl (C=O) groups is 2. The van der Waals surface area contributed by atoms with Gasteiger partial charge in [0, 0.05) is 45.4 Å². The van der Waals surface area contributed by atoms with Crippen molar-refractivity contribution in [1.82, 2.24) is 15.1 Å². The summed E-state index contributed by atoms with van der Waals surface area (Å²) in [5, 5.41) is 2.65. The molecule has 4 rings (SSSR count). The number of carbonyl (C=O) groups excluding carboxylic acids is 2. The number of rotatable bonds is 8. The van der Waals surface area contributed by atoms with Crippen LogP contribution in [0.15, 0.2) is 42.5 Å². The number of morpholine rings is 1. The fraction of sp³-hybridized carbons (Fsp3) is 0.481. The Morgan fingerprint density at radius 2 is 1.62 bits per heavy atom. The number of nitrogens with zero attached hydrogens (tertiary/aromatic N) is 2. The van der Waals surface area contributed by atoms with Crippen LogP contribution < -0.4 is 5.32 Å². The van der Waals surface area contributed by atoms with Gasteiger partial charge in [-0.15, -0.1) is 0 Å². The molecule has 0 aromatic heterocycles. The Balaban J connectivity index is 1.87. The van der Waals surface area contributed by atoms with E-state index in [-0.39, 0.29) is 43.4 Å². The zero-order valence-corrected chi connectivity index (χ0v) is 21.6. The molecule has 0 saturated carbocycles. The van der Waals surface area contributed by atoms with Gasteiger partial charge < -0.3 is 19.7 Å². The highest BCUT2D eigenvalue weighted by atomic mass is 19.4. The Morgan fingerprint density at radius 1 is 1.00 bits per heavy atom. The molecular formula is C27H29F6N3O4. The van der Waals surface area contributed by atoms with Crippen molar-refractivity contribution in [3.05, 3.63) is 70.3 Å². The number of hydrogen-bond donors (Lipinski definition) is 1. The van der Waals surface area contributed by atoms with E-state index in [0.717, 1.165) is 0 Å². The molecule has 7 nitrogen and oxygen atoms in total. The largest absolute Gasteiger partial charge is 0.416 e. The summed E-state index contributed by atoms with van der Waals surface area (Å²) in [5.74, 6) is -2.51. The van der Waals surface area contributed by atoms with Crippen molar-refractivity contribution in [2.75, 3.05) is 59.7 Å². The van der Waals surface area contributed by atoms with E-state index in [4.69, 9.17) is 9.47 Å². The third kappa shape index (κ3) is 6.58. The first-order valence-corrected chi connectivity index (χ1v) is 12.7. The first-order valence-electron chi connectivity index (χ1n) is 12.7. The van der Waals surface area contributed by atoms with Crippen molar-refractivity contribution >= 4 is 11.8 Å². The molecule has 0 spiro atoms. The zero-order valence-electron chi connectivity index (χ0n) is 21.6. The number of amides is 2. The lowest BCUT2D eigenvalue weighted by atomic mass is 9.78. The van der Waals surface area contributed by atoms with E-state index in [2.05, 4.69) is 5.32 Å². The van der Waals surface area contributed by atoms with Gasteiger partial charge >= 0.3 is 12.4 Å². The van der Waals surface area contributed by atoms with E-state index in [1.54, 1.807) is 12.1 Å². The lowest BCUT2D eigenvalue weighted by molar-refractivity contribution is -0.143. The summed E-state index contributed by atoms with van der Waals surface area (Å²) < 4.78 is 93.2. The van der Waals surface area contributed by atoms with Crippen LogP contribution in [0, 0.1) is 0 Å². The molecule has 0 aliphatic carbocycles. The first-order chi connectivity index (χ1) is 18.9. The molecule has 1 saturated heterocycles. The average Bonchev–Trinajstić information content (AvgIpc) is 2.92. The lowest BCUT2D eigenvalue weighted by Gasteiger charge is -2.43. The lowest BCUT2D eigenvalue weighted by Crippen LogP contribution is -2.50. The minimum atomic E-state index is -5.10. The van der Waals surface area contributed by atoms with Crippen molar-refractivity contribution in [2.24, 2.45) is 0 Å². The highest BCUT2D eigenvalue weighted by Gasteiger charge is 2.46. The molecule has 2 unspecified atom stereocenters. The summed E-state index contributed by atoms with van der Waals surface area (Å²) in [6.07, 6.45) is -10.2. The zero-order chi connectivity index (χ0) is 29.1. The van der Waals surface area contributed by atoms with E-state index in [9.17, 15) is 35.9 Å². The molecule has 2 aliphatic rings. The second-order valence-corrected chi connectivity index (χ2v) is 9.59. The molecule has 2 aliphatic heterocycles. The van der Waals surface area contributed by atoms with Crippen LogP contribution in [-0.2, 0) is 26.6 Å². The standard InChI is InChI=1S/C27H29F6N3O4/c1-39-11-6-34-24(37)22-20-4-2-3-5-21(20)25(38)36(8-7-35-9-12-40-13-10-35)23(22)17-14-18(26(28,29)30)16-19(15-17)27(31,32)33/h2-5,14-16,22-23H,6-13H2,1H3,(H,34,37). The number of hydrogen-bond acceptors (Lipinski definition) is 5. The van der Waals surface area contributed by atoms with Gasteiger partial charge in [0.2, 0.25) is 5.91 Å². The molecule has 2 amide bonds. The number of methoxy groups -OCH3 is 1. The summed E-state index contributed by atoms with van der Waals surface area (Å²) in [6, 6.07) is 5.94. The third-order valence-corrected chi connectivity index (χ3v) is 7.04. The highest BCUT2D eigenvalue weighted by molar-refractivity contribution is 6.01. The minimum absolute atomic E-state index is 0.0305. The van der Waals surface area contributed by atoms with Gasteiger partial charge in [0.25, 0.3) is 5.91 Å². The molecule has 2 aromatic carbocycles. The average molecular weight is 574 g/mol. The minimum Gasteiger partial charge on any atom is -0.383 e. The molecule has 40 heavy (non-hydrogen) atoms. The van der Waals surface area contributed by atoms with Gasteiger partial charge in [-0.3, -0.25) is 14.5 Å². The van der Waals surface area contributed by atoms with Crippen LogP contribution >= 0.6 is 0 Å². The van der Waals surface area contributed by atoms with E-state index >= 15 is 0 Å². The predicted molar refractivity (Wildman–Crippen MR) is 132 cm³/mol. The Labute approximate surface area is 227 Å². The number of fused-ring (bicyclic) bond motifs is 1. The maximum atomic E-state index is 13.8. The van der Waals surface area contributed by atoms with Crippen molar-refractivity contribution < 1.29 is 45.4 Å². The molecule has 218 valence electrons. The molecule has 1 N–H and O–H groups in total. The Hall–Kier alpha value is -3.16. The van der Waals surface area contributed by atoms with Crippen LogP contribution in [0.1, 0.15) is 44.6 Å². The number of nitrogens with one attached hydrogen (secondary N) is 1. The Morgan fingerprint density at radius 3 is 2.23 bits per heavy atom. The summed E-state index contributed by atoms with van der Waals surface area (Å²) in [5.41, 5.74) is -3.08. The van der Waals surface area contributed by atoms with Crippen molar-refractivity contribution in [2.45, 2.75) is 24.3 Å². The molecular weight excluding hydrogens is 544 g/mol. The van der Waals surface area contributed by atoms with Gasteiger partial charge in [0.1, 0.15) is 0 Å². The van der Waals surface area contributed by atoms with Gasteiger partial charge in [-0.2, -0.15) is 26.3 Å². The van der Waals surface area contributed by atoms with Crippen LogP contribution in [0.2, 0.25) is 0 Å². The van der Waals surface area contributed by atoms with Gasteiger partial charge in [-0.1, -0.05) is 18.2 Å². The first kappa shape index (κ1) is 29.8. The number of alkyl halides is 6.